The van der Waals surface area contributed by atoms with E-state index in [9.17, 15) is 14.4 Å². The van der Waals surface area contributed by atoms with Gasteiger partial charge in [0, 0.05) is 36.3 Å². The number of hydrogen-bond acceptors (Lipinski definition) is 4. The molecule has 1 aromatic carbocycles. The molecule has 24 heavy (non-hydrogen) atoms. The molecule has 1 saturated carbocycles. The molecule has 7 heteroatoms. The summed E-state index contributed by atoms with van der Waals surface area (Å²) in [6.07, 6.45) is 2.87. The number of fused-ring (bicyclic) bond motifs is 1. The van der Waals surface area contributed by atoms with Crippen LogP contribution in [0.25, 0.3) is 0 Å². The molecule has 0 aromatic heterocycles. The first-order valence-electron chi connectivity index (χ1n) is 8.09. The lowest BCUT2D eigenvalue weighted by molar-refractivity contribution is -0.152. The van der Waals surface area contributed by atoms with Gasteiger partial charge in [0.2, 0.25) is 5.91 Å². The maximum atomic E-state index is 12.7. The van der Waals surface area contributed by atoms with E-state index >= 15 is 0 Å². The summed E-state index contributed by atoms with van der Waals surface area (Å²) in [5.41, 5.74) is 7.89. The summed E-state index contributed by atoms with van der Waals surface area (Å²) in [6, 6.07) is 4.71. The topological polar surface area (TPSA) is 83.7 Å². The third kappa shape index (κ3) is 2.65. The molecule has 6 nitrogen and oxygen atoms in total. The Kier molecular flexibility index (Phi) is 4.25. The standard InChI is InChI=1S/C17H19N3O3.ClH/c18-13-3-1-2-11-12(13)9-19(16(11)22)14-6-7-15(21)20(17(14)23)8-10-4-5-10;/h1-3,10,14H,4-9,18H2;1H. The highest BCUT2D eigenvalue weighted by Crippen LogP contribution is 2.34. The van der Waals surface area contributed by atoms with Gasteiger partial charge in [0.05, 0.1) is 0 Å². The van der Waals surface area contributed by atoms with Crippen LogP contribution in [-0.2, 0) is 16.1 Å². The minimum absolute atomic E-state index is 0. The number of nitrogen functional groups attached to an aromatic ring is 1. The minimum Gasteiger partial charge on any atom is -0.398 e. The van der Waals surface area contributed by atoms with Crippen LogP contribution in [0.5, 0.6) is 0 Å². The van der Waals surface area contributed by atoms with Crippen LogP contribution in [0.15, 0.2) is 18.2 Å². The maximum absolute atomic E-state index is 12.7. The zero-order valence-electron chi connectivity index (χ0n) is 13.2. The van der Waals surface area contributed by atoms with Gasteiger partial charge in [-0.2, -0.15) is 0 Å². The van der Waals surface area contributed by atoms with Crippen molar-refractivity contribution in [3.8, 4) is 0 Å². The van der Waals surface area contributed by atoms with E-state index in [1.165, 1.54) is 4.90 Å². The lowest BCUT2D eigenvalue weighted by Gasteiger charge is -2.35. The van der Waals surface area contributed by atoms with Crippen molar-refractivity contribution < 1.29 is 14.4 Å². The Morgan fingerprint density at radius 2 is 1.88 bits per heavy atom. The van der Waals surface area contributed by atoms with Crippen LogP contribution in [0, 0.1) is 5.92 Å². The van der Waals surface area contributed by atoms with E-state index in [0.717, 1.165) is 18.4 Å². The Bertz CT molecular complexity index is 717. The molecule has 4 rings (SSSR count). The molecule has 0 bridgehead atoms. The van der Waals surface area contributed by atoms with Gasteiger partial charge >= 0.3 is 0 Å². The van der Waals surface area contributed by atoms with Crippen LogP contribution < -0.4 is 5.73 Å². The van der Waals surface area contributed by atoms with Crippen LogP contribution in [0.3, 0.4) is 0 Å². The number of amides is 3. The third-order valence-electron chi connectivity index (χ3n) is 5.03. The van der Waals surface area contributed by atoms with E-state index in [2.05, 4.69) is 0 Å². The maximum Gasteiger partial charge on any atom is 0.255 e. The average Bonchev–Trinajstić information content (AvgIpc) is 3.29. The molecule has 2 fully saturated rings. The largest absolute Gasteiger partial charge is 0.398 e. The molecule has 0 radical (unpaired) electrons. The van der Waals surface area contributed by atoms with Gasteiger partial charge in [-0.3, -0.25) is 19.3 Å². The van der Waals surface area contributed by atoms with Crippen LogP contribution in [0.1, 0.15) is 41.6 Å². The predicted molar refractivity (Wildman–Crippen MR) is 90.4 cm³/mol. The van der Waals surface area contributed by atoms with Crippen molar-refractivity contribution in [2.75, 3.05) is 12.3 Å². The number of piperidine rings is 1. The smallest absolute Gasteiger partial charge is 0.255 e. The van der Waals surface area contributed by atoms with Crippen molar-refractivity contribution in [2.45, 2.75) is 38.3 Å². The molecule has 2 N–H and O–H groups in total. The fourth-order valence-electron chi connectivity index (χ4n) is 3.49. The summed E-state index contributed by atoms with van der Waals surface area (Å²) in [4.78, 5) is 40.4. The fraction of sp³-hybridized carbons (Fsp3) is 0.471. The van der Waals surface area contributed by atoms with Gasteiger partial charge in [-0.25, -0.2) is 0 Å². The van der Waals surface area contributed by atoms with Crippen molar-refractivity contribution in [1.82, 2.24) is 9.80 Å². The Morgan fingerprint density at radius 1 is 1.12 bits per heavy atom. The quantitative estimate of drug-likeness (QED) is 0.663. The summed E-state index contributed by atoms with van der Waals surface area (Å²) in [5, 5.41) is 0. The van der Waals surface area contributed by atoms with E-state index in [0.29, 0.717) is 43.1 Å². The number of carbonyl (C=O) groups excluding carboxylic acids is 3. The van der Waals surface area contributed by atoms with Gasteiger partial charge in [-0.05, 0) is 37.3 Å². The van der Waals surface area contributed by atoms with Gasteiger partial charge in [0.25, 0.3) is 11.8 Å². The molecule has 0 spiro atoms. The van der Waals surface area contributed by atoms with Crippen LogP contribution in [0.2, 0.25) is 0 Å². The number of likely N-dealkylation sites (tertiary alicyclic amines) is 1. The first-order valence-corrected chi connectivity index (χ1v) is 8.09. The monoisotopic (exact) mass is 349 g/mol. The number of anilines is 1. The highest BCUT2D eigenvalue weighted by atomic mass is 35.5. The Morgan fingerprint density at radius 3 is 2.54 bits per heavy atom. The normalized spacial score (nSPS) is 23.3. The molecule has 3 amide bonds. The molecule has 2 aliphatic heterocycles. The second-order valence-corrected chi connectivity index (χ2v) is 6.65. The first-order chi connectivity index (χ1) is 11.1. The molecular weight excluding hydrogens is 330 g/mol. The average molecular weight is 350 g/mol. The van der Waals surface area contributed by atoms with E-state index in [-0.39, 0.29) is 30.1 Å². The summed E-state index contributed by atoms with van der Waals surface area (Å²) in [7, 11) is 0. The van der Waals surface area contributed by atoms with Crippen LogP contribution in [-0.4, -0.2) is 40.1 Å². The zero-order valence-corrected chi connectivity index (χ0v) is 14.1. The van der Waals surface area contributed by atoms with Crippen molar-refractivity contribution in [3.63, 3.8) is 0 Å². The Hall–Kier alpha value is -2.08. The van der Waals surface area contributed by atoms with Crippen LogP contribution >= 0.6 is 12.4 Å². The molecular formula is C17H20ClN3O3. The van der Waals surface area contributed by atoms with Crippen molar-refractivity contribution >= 4 is 35.8 Å². The molecule has 128 valence electrons. The van der Waals surface area contributed by atoms with Gasteiger partial charge < -0.3 is 10.6 Å². The van der Waals surface area contributed by atoms with Crippen molar-refractivity contribution in [2.24, 2.45) is 5.92 Å². The van der Waals surface area contributed by atoms with Gasteiger partial charge in [0.15, 0.2) is 0 Å². The van der Waals surface area contributed by atoms with E-state index in [1.54, 1.807) is 23.1 Å². The highest BCUT2D eigenvalue weighted by molar-refractivity contribution is 6.06. The lowest BCUT2D eigenvalue weighted by Crippen LogP contribution is -2.55. The summed E-state index contributed by atoms with van der Waals surface area (Å²) in [5.74, 6) is -0.0511. The Balaban J connectivity index is 0.00000169. The van der Waals surface area contributed by atoms with Gasteiger partial charge in [-0.1, -0.05) is 6.07 Å². The van der Waals surface area contributed by atoms with E-state index in [4.69, 9.17) is 5.73 Å². The summed E-state index contributed by atoms with van der Waals surface area (Å²) >= 11 is 0. The van der Waals surface area contributed by atoms with E-state index < -0.39 is 6.04 Å². The van der Waals surface area contributed by atoms with Crippen molar-refractivity contribution in [1.29, 1.82) is 0 Å². The van der Waals surface area contributed by atoms with Gasteiger partial charge in [0.1, 0.15) is 6.04 Å². The second-order valence-electron chi connectivity index (χ2n) is 6.65. The SMILES string of the molecule is Cl.Nc1cccc2c1CN(C1CCC(=O)N(CC3CC3)C1=O)C2=O. The number of benzene rings is 1. The fourth-order valence-corrected chi connectivity index (χ4v) is 3.49. The number of carbonyl (C=O) groups is 3. The molecule has 2 heterocycles. The molecule has 3 aliphatic rings. The number of imide groups is 1. The van der Waals surface area contributed by atoms with Gasteiger partial charge in [-0.15, -0.1) is 12.4 Å². The zero-order chi connectivity index (χ0) is 16.1. The number of hydrogen-bond donors (Lipinski definition) is 1. The third-order valence-corrected chi connectivity index (χ3v) is 5.03. The second kappa shape index (κ2) is 6.09. The first kappa shape index (κ1) is 16.8. The molecule has 1 saturated heterocycles. The molecule has 1 aliphatic carbocycles. The van der Waals surface area contributed by atoms with Crippen LogP contribution in [0.4, 0.5) is 5.69 Å². The summed E-state index contributed by atoms with van der Waals surface area (Å²) in [6.45, 7) is 0.855. The predicted octanol–water partition coefficient (Wildman–Crippen LogP) is 1.57. The number of nitrogens with two attached hydrogens (primary N) is 1. The highest BCUT2D eigenvalue weighted by Gasteiger charge is 2.44. The minimum atomic E-state index is -0.550. The van der Waals surface area contributed by atoms with E-state index in [1.807, 2.05) is 0 Å². The molecule has 1 aromatic rings. The Labute approximate surface area is 146 Å². The lowest BCUT2D eigenvalue weighted by atomic mass is 10.0. The molecule has 1 atom stereocenters. The molecule has 1 unspecified atom stereocenters. The number of rotatable bonds is 3. The number of nitrogens with zero attached hydrogens (tertiary/aromatic N) is 2. The summed E-state index contributed by atoms with van der Waals surface area (Å²) < 4.78 is 0. The number of halogens is 1. The van der Waals surface area contributed by atoms with Crippen molar-refractivity contribution in [3.05, 3.63) is 29.3 Å².